The molecule has 1 atom stereocenters. The minimum Gasteiger partial charge on any atom is -0.493 e. The first-order valence-electron chi connectivity index (χ1n) is 6.75. The van der Waals surface area contributed by atoms with Crippen LogP contribution in [0.15, 0.2) is 41.0 Å². The molecular weight excluding hydrogens is 270 g/mol. The van der Waals surface area contributed by atoms with Gasteiger partial charge in [0.05, 0.1) is 20.5 Å². The molecule has 1 aromatic heterocycles. The van der Waals surface area contributed by atoms with Crippen molar-refractivity contribution >= 4 is 0 Å². The molecule has 1 heterocycles. The first-order chi connectivity index (χ1) is 10.1. The number of methoxy groups -OCH3 is 2. The number of nitrogens with one attached hydrogen (secondary N) is 1. The molecule has 5 heteroatoms. The largest absolute Gasteiger partial charge is 0.493 e. The van der Waals surface area contributed by atoms with Gasteiger partial charge in [-0.05, 0) is 36.8 Å². The van der Waals surface area contributed by atoms with Crippen molar-refractivity contribution in [1.82, 2.24) is 5.32 Å². The van der Waals surface area contributed by atoms with Crippen LogP contribution in [0.4, 0.5) is 0 Å². The van der Waals surface area contributed by atoms with E-state index in [1.54, 1.807) is 39.5 Å². The molecule has 0 saturated heterocycles. The van der Waals surface area contributed by atoms with E-state index in [9.17, 15) is 5.11 Å². The van der Waals surface area contributed by atoms with E-state index < -0.39 is 5.60 Å². The highest BCUT2D eigenvalue weighted by molar-refractivity contribution is 5.42. The Morgan fingerprint density at radius 3 is 2.57 bits per heavy atom. The minimum atomic E-state index is -1.04. The van der Waals surface area contributed by atoms with Crippen molar-refractivity contribution in [2.24, 2.45) is 0 Å². The maximum Gasteiger partial charge on any atom is 0.161 e. The van der Waals surface area contributed by atoms with Gasteiger partial charge in [-0.1, -0.05) is 6.07 Å². The summed E-state index contributed by atoms with van der Waals surface area (Å²) in [6.07, 6.45) is 1.55. The highest BCUT2D eigenvalue weighted by atomic mass is 16.5. The fraction of sp³-hybridized carbons (Fsp3) is 0.375. The Morgan fingerprint density at radius 2 is 1.95 bits per heavy atom. The normalized spacial score (nSPS) is 13.7. The first kappa shape index (κ1) is 15.4. The third kappa shape index (κ3) is 3.77. The second kappa shape index (κ2) is 6.65. The van der Waals surface area contributed by atoms with Crippen LogP contribution >= 0.6 is 0 Å². The molecular formula is C16H21NO4. The molecule has 0 spiro atoms. The molecule has 0 radical (unpaired) electrons. The van der Waals surface area contributed by atoms with Crippen LogP contribution in [0, 0.1) is 0 Å². The summed E-state index contributed by atoms with van der Waals surface area (Å²) >= 11 is 0. The molecule has 0 amide bonds. The molecule has 2 rings (SSSR count). The van der Waals surface area contributed by atoms with E-state index in [2.05, 4.69) is 5.32 Å². The molecule has 1 unspecified atom stereocenters. The fourth-order valence-electron chi connectivity index (χ4n) is 2.11. The maximum atomic E-state index is 10.3. The van der Waals surface area contributed by atoms with E-state index in [1.165, 1.54) is 0 Å². The molecule has 0 bridgehead atoms. The van der Waals surface area contributed by atoms with E-state index in [-0.39, 0.29) is 0 Å². The number of aliphatic hydroxyl groups is 1. The maximum absolute atomic E-state index is 10.3. The summed E-state index contributed by atoms with van der Waals surface area (Å²) in [6.45, 7) is 2.71. The quantitative estimate of drug-likeness (QED) is 0.819. The summed E-state index contributed by atoms with van der Waals surface area (Å²) in [5.74, 6) is 1.93. The second-order valence-electron chi connectivity index (χ2n) is 5.04. The summed E-state index contributed by atoms with van der Waals surface area (Å²) in [5, 5.41) is 13.5. The molecule has 0 aliphatic carbocycles. The zero-order valence-corrected chi connectivity index (χ0v) is 12.6. The number of rotatable bonds is 7. The van der Waals surface area contributed by atoms with Crippen LogP contribution in [0.3, 0.4) is 0 Å². The number of hydrogen-bond donors (Lipinski definition) is 2. The van der Waals surface area contributed by atoms with Gasteiger partial charge in [0.15, 0.2) is 11.5 Å². The standard InChI is InChI=1S/C16H21NO4/c1-16(18,15-5-4-8-21-15)11-17-10-12-6-7-13(19-2)14(9-12)20-3/h4-9,17-18H,10-11H2,1-3H3. The van der Waals surface area contributed by atoms with Crippen LogP contribution in [0.5, 0.6) is 11.5 Å². The Hall–Kier alpha value is -1.98. The van der Waals surface area contributed by atoms with E-state index >= 15 is 0 Å². The summed E-state index contributed by atoms with van der Waals surface area (Å²) in [5.41, 5.74) is 0.00274. The van der Waals surface area contributed by atoms with Crippen LogP contribution in [-0.2, 0) is 12.1 Å². The lowest BCUT2D eigenvalue weighted by Crippen LogP contribution is -2.34. The van der Waals surface area contributed by atoms with Crippen molar-refractivity contribution in [3.05, 3.63) is 47.9 Å². The Kier molecular flexibility index (Phi) is 4.88. The van der Waals surface area contributed by atoms with Crippen LogP contribution in [0.2, 0.25) is 0 Å². The summed E-state index contributed by atoms with van der Waals surface area (Å²) in [6, 6.07) is 9.25. The highest BCUT2D eigenvalue weighted by Gasteiger charge is 2.25. The Labute approximate surface area is 124 Å². The molecule has 21 heavy (non-hydrogen) atoms. The molecule has 5 nitrogen and oxygen atoms in total. The van der Waals surface area contributed by atoms with Gasteiger partial charge in [-0.25, -0.2) is 0 Å². The van der Waals surface area contributed by atoms with Crippen LogP contribution < -0.4 is 14.8 Å². The number of ether oxygens (including phenoxy) is 2. The molecule has 114 valence electrons. The van der Waals surface area contributed by atoms with Gasteiger partial charge >= 0.3 is 0 Å². The van der Waals surface area contributed by atoms with Crippen molar-refractivity contribution < 1.29 is 19.0 Å². The van der Waals surface area contributed by atoms with E-state index in [0.717, 1.165) is 5.56 Å². The van der Waals surface area contributed by atoms with E-state index in [1.807, 2.05) is 18.2 Å². The van der Waals surface area contributed by atoms with Gasteiger partial charge < -0.3 is 24.3 Å². The Morgan fingerprint density at radius 1 is 1.19 bits per heavy atom. The smallest absolute Gasteiger partial charge is 0.161 e. The second-order valence-corrected chi connectivity index (χ2v) is 5.04. The lowest BCUT2D eigenvalue weighted by molar-refractivity contribution is 0.0340. The van der Waals surface area contributed by atoms with Crippen molar-refractivity contribution in [1.29, 1.82) is 0 Å². The molecule has 2 aromatic rings. The van der Waals surface area contributed by atoms with Gasteiger partial charge in [0.25, 0.3) is 0 Å². The third-order valence-electron chi connectivity index (χ3n) is 3.30. The zero-order valence-electron chi connectivity index (χ0n) is 12.6. The zero-order chi connectivity index (χ0) is 15.3. The van der Waals surface area contributed by atoms with E-state index in [4.69, 9.17) is 13.9 Å². The fourth-order valence-corrected chi connectivity index (χ4v) is 2.11. The van der Waals surface area contributed by atoms with Gasteiger partial charge in [-0.15, -0.1) is 0 Å². The van der Waals surface area contributed by atoms with E-state index in [0.29, 0.717) is 30.3 Å². The van der Waals surface area contributed by atoms with Crippen molar-refractivity contribution in [3.8, 4) is 11.5 Å². The SMILES string of the molecule is COc1ccc(CNCC(C)(O)c2ccco2)cc1OC. The Balaban J connectivity index is 1.94. The van der Waals surface area contributed by atoms with Gasteiger partial charge in [0.2, 0.25) is 0 Å². The van der Waals surface area contributed by atoms with Crippen molar-refractivity contribution in [3.63, 3.8) is 0 Å². The monoisotopic (exact) mass is 291 g/mol. The number of benzene rings is 1. The predicted octanol–water partition coefficient (Wildman–Crippen LogP) is 2.29. The van der Waals surface area contributed by atoms with Gasteiger partial charge in [0.1, 0.15) is 11.4 Å². The van der Waals surface area contributed by atoms with Crippen LogP contribution in [-0.4, -0.2) is 25.9 Å². The molecule has 1 aromatic carbocycles. The summed E-state index contributed by atoms with van der Waals surface area (Å²) < 4.78 is 15.7. The molecule has 2 N–H and O–H groups in total. The Bertz CT molecular complexity index is 564. The summed E-state index contributed by atoms with van der Waals surface area (Å²) in [4.78, 5) is 0. The van der Waals surface area contributed by atoms with Crippen LogP contribution in [0.1, 0.15) is 18.2 Å². The third-order valence-corrected chi connectivity index (χ3v) is 3.30. The number of hydrogen-bond acceptors (Lipinski definition) is 5. The molecule has 0 fully saturated rings. The first-order valence-corrected chi connectivity index (χ1v) is 6.75. The van der Waals surface area contributed by atoms with Gasteiger partial charge in [-0.3, -0.25) is 0 Å². The predicted molar refractivity (Wildman–Crippen MR) is 79.5 cm³/mol. The summed E-state index contributed by atoms with van der Waals surface area (Å²) in [7, 11) is 3.22. The lowest BCUT2D eigenvalue weighted by atomic mass is 10.0. The van der Waals surface area contributed by atoms with Gasteiger partial charge in [0, 0.05) is 13.1 Å². The molecule has 0 saturated carbocycles. The topological polar surface area (TPSA) is 63.9 Å². The molecule has 0 aliphatic heterocycles. The average Bonchev–Trinajstić information content (AvgIpc) is 3.02. The van der Waals surface area contributed by atoms with Crippen molar-refractivity contribution in [2.45, 2.75) is 19.1 Å². The van der Waals surface area contributed by atoms with Gasteiger partial charge in [-0.2, -0.15) is 0 Å². The van der Waals surface area contributed by atoms with Crippen LogP contribution in [0.25, 0.3) is 0 Å². The number of furan rings is 1. The lowest BCUT2D eigenvalue weighted by Gasteiger charge is -2.21. The highest BCUT2D eigenvalue weighted by Crippen LogP contribution is 2.27. The van der Waals surface area contributed by atoms with Crippen molar-refractivity contribution in [2.75, 3.05) is 20.8 Å². The average molecular weight is 291 g/mol. The minimum absolute atomic E-state index is 0.384. The molecule has 0 aliphatic rings.